The third-order valence-corrected chi connectivity index (χ3v) is 6.62. The van der Waals surface area contributed by atoms with Crippen molar-refractivity contribution < 1.29 is 4.79 Å². The molecule has 0 N–H and O–H groups in total. The Morgan fingerprint density at radius 1 is 1.18 bits per heavy atom. The van der Waals surface area contributed by atoms with E-state index in [4.69, 9.17) is 0 Å². The van der Waals surface area contributed by atoms with Gasteiger partial charge in [0.15, 0.2) is 0 Å². The molecule has 0 unspecified atom stereocenters. The molecule has 142 valence electrons. The minimum absolute atomic E-state index is 0.0211. The second-order valence-corrected chi connectivity index (χ2v) is 8.51. The predicted octanol–water partition coefficient (Wildman–Crippen LogP) is 4.15. The zero-order valence-corrected chi connectivity index (χ0v) is 17.2. The second-order valence-electron chi connectivity index (χ2n) is 6.65. The molecule has 0 atom stereocenters. The molecule has 0 aliphatic carbocycles. The van der Waals surface area contributed by atoms with Crippen molar-refractivity contribution in [2.24, 2.45) is 0 Å². The molecule has 0 saturated heterocycles. The van der Waals surface area contributed by atoms with Gasteiger partial charge in [-0.25, -0.2) is 4.98 Å². The van der Waals surface area contributed by atoms with Crippen LogP contribution in [0.1, 0.15) is 10.4 Å². The van der Waals surface area contributed by atoms with E-state index in [1.807, 2.05) is 54.1 Å². The third-order valence-electron chi connectivity index (χ3n) is 4.73. The molecule has 0 radical (unpaired) electrons. The number of aromatic nitrogens is 2. The fourth-order valence-electron chi connectivity index (χ4n) is 3.05. The van der Waals surface area contributed by atoms with E-state index in [1.54, 1.807) is 23.3 Å². The van der Waals surface area contributed by atoms with E-state index in [0.717, 1.165) is 16.0 Å². The van der Waals surface area contributed by atoms with Crippen molar-refractivity contribution in [3.8, 4) is 11.1 Å². The molecule has 3 aromatic heterocycles. The molecule has 7 heteroatoms. The number of benzene rings is 1. The highest BCUT2D eigenvalue weighted by molar-refractivity contribution is 7.17. The number of carbonyl (C=O) groups is 1. The summed E-state index contributed by atoms with van der Waals surface area (Å²) >= 11 is 3.08. The molecule has 4 aromatic rings. The van der Waals surface area contributed by atoms with Gasteiger partial charge in [0.05, 0.1) is 18.3 Å². The van der Waals surface area contributed by atoms with Gasteiger partial charge >= 0.3 is 0 Å². The Hall–Kier alpha value is -2.77. The van der Waals surface area contributed by atoms with Crippen LogP contribution in [0.5, 0.6) is 0 Å². The van der Waals surface area contributed by atoms with Gasteiger partial charge in [-0.1, -0.05) is 30.3 Å². The predicted molar refractivity (Wildman–Crippen MR) is 115 cm³/mol. The fraction of sp³-hybridized carbons (Fsp3) is 0.190. The molecule has 0 fully saturated rings. The van der Waals surface area contributed by atoms with Gasteiger partial charge in [-0.15, -0.1) is 22.7 Å². The molecule has 5 nitrogen and oxygen atoms in total. The lowest BCUT2D eigenvalue weighted by atomic mass is 10.1. The van der Waals surface area contributed by atoms with Crippen LogP contribution >= 0.6 is 22.7 Å². The SMILES string of the molecule is Cc1ccsc1CN(C)C(=O)Cn1cnc2scc(-c3ccccc3)c2c1=O. The van der Waals surface area contributed by atoms with E-state index in [1.165, 1.54) is 27.8 Å². The number of thiophene rings is 2. The van der Waals surface area contributed by atoms with Crippen LogP contribution in [0.25, 0.3) is 21.3 Å². The summed E-state index contributed by atoms with van der Waals surface area (Å²) in [4.78, 5) is 33.7. The number of likely N-dealkylation sites (N-methyl/N-ethyl adjacent to an activating group) is 1. The Kier molecular flexibility index (Phi) is 5.11. The van der Waals surface area contributed by atoms with Gasteiger partial charge in [-0.3, -0.25) is 14.2 Å². The molecule has 3 heterocycles. The summed E-state index contributed by atoms with van der Waals surface area (Å²) in [5.74, 6) is -0.118. The van der Waals surface area contributed by atoms with Gasteiger partial charge in [-0.2, -0.15) is 0 Å². The molecule has 1 aromatic carbocycles. The smallest absolute Gasteiger partial charge is 0.263 e. The van der Waals surface area contributed by atoms with Gasteiger partial charge in [0.1, 0.15) is 11.4 Å². The van der Waals surface area contributed by atoms with Gasteiger partial charge in [0, 0.05) is 22.9 Å². The Morgan fingerprint density at radius 2 is 1.96 bits per heavy atom. The van der Waals surface area contributed by atoms with Crippen molar-refractivity contribution in [1.29, 1.82) is 0 Å². The third kappa shape index (κ3) is 3.50. The Labute approximate surface area is 170 Å². The zero-order chi connectivity index (χ0) is 19.7. The molecule has 28 heavy (non-hydrogen) atoms. The second kappa shape index (κ2) is 7.69. The molecule has 4 rings (SSSR count). The van der Waals surface area contributed by atoms with Gasteiger partial charge in [-0.05, 0) is 29.5 Å². The molecule has 0 bridgehead atoms. The van der Waals surface area contributed by atoms with E-state index in [2.05, 4.69) is 4.98 Å². The number of hydrogen-bond acceptors (Lipinski definition) is 5. The molecule has 1 amide bonds. The number of aryl methyl sites for hydroxylation is 1. The van der Waals surface area contributed by atoms with Gasteiger partial charge in [0.25, 0.3) is 5.56 Å². The average Bonchev–Trinajstić information content (AvgIpc) is 3.31. The average molecular weight is 410 g/mol. The Bertz CT molecular complexity index is 1190. The lowest BCUT2D eigenvalue weighted by Gasteiger charge is -2.17. The largest absolute Gasteiger partial charge is 0.339 e. The number of amides is 1. The normalized spacial score (nSPS) is 11.1. The summed E-state index contributed by atoms with van der Waals surface area (Å²) in [6, 6.07) is 11.8. The number of fused-ring (bicyclic) bond motifs is 1. The highest BCUT2D eigenvalue weighted by atomic mass is 32.1. The molecule has 0 aliphatic heterocycles. The van der Waals surface area contributed by atoms with Crippen LogP contribution in [0.4, 0.5) is 0 Å². The van der Waals surface area contributed by atoms with E-state index >= 15 is 0 Å². The first-order valence-electron chi connectivity index (χ1n) is 8.83. The number of hydrogen-bond donors (Lipinski definition) is 0. The van der Waals surface area contributed by atoms with Crippen molar-refractivity contribution in [2.45, 2.75) is 20.0 Å². The first-order chi connectivity index (χ1) is 13.5. The van der Waals surface area contributed by atoms with Crippen molar-refractivity contribution >= 4 is 38.8 Å². The van der Waals surface area contributed by atoms with Crippen LogP contribution < -0.4 is 5.56 Å². The number of nitrogens with zero attached hydrogens (tertiary/aromatic N) is 3. The van der Waals surface area contributed by atoms with Crippen LogP contribution in [0.3, 0.4) is 0 Å². The topological polar surface area (TPSA) is 55.2 Å². The van der Waals surface area contributed by atoms with E-state index in [0.29, 0.717) is 16.8 Å². The van der Waals surface area contributed by atoms with Gasteiger partial charge in [0.2, 0.25) is 5.91 Å². The molecular weight excluding hydrogens is 390 g/mol. The van der Waals surface area contributed by atoms with E-state index < -0.39 is 0 Å². The Balaban J connectivity index is 1.62. The zero-order valence-electron chi connectivity index (χ0n) is 15.6. The summed E-state index contributed by atoms with van der Waals surface area (Å²) < 4.78 is 1.40. The minimum atomic E-state index is -0.181. The first-order valence-corrected chi connectivity index (χ1v) is 10.6. The summed E-state index contributed by atoms with van der Waals surface area (Å²) in [5.41, 5.74) is 2.83. The minimum Gasteiger partial charge on any atom is -0.339 e. The highest BCUT2D eigenvalue weighted by Gasteiger charge is 2.17. The van der Waals surface area contributed by atoms with E-state index in [-0.39, 0.29) is 18.0 Å². The summed E-state index contributed by atoms with van der Waals surface area (Å²) in [5, 5.41) is 4.54. The lowest BCUT2D eigenvalue weighted by Crippen LogP contribution is -2.33. The van der Waals surface area contributed by atoms with Crippen LogP contribution in [0.2, 0.25) is 0 Å². The summed E-state index contributed by atoms with van der Waals surface area (Å²) in [6.45, 7) is 2.56. The lowest BCUT2D eigenvalue weighted by molar-refractivity contribution is -0.131. The maximum absolute atomic E-state index is 13.1. The van der Waals surface area contributed by atoms with Crippen molar-refractivity contribution in [3.05, 3.63) is 74.3 Å². The standard InChI is InChI=1S/C21H19N3O2S2/c1-14-8-9-27-17(14)10-23(2)18(25)11-24-13-22-20-19(21(24)26)16(12-28-20)15-6-4-3-5-7-15/h3-9,12-13H,10-11H2,1-2H3. The molecule has 0 aliphatic rings. The summed E-state index contributed by atoms with van der Waals surface area (Å²) in [6.07, 6.45) is 1.47. The van der Waals surface area contributed by atoms with Gasteiger partial charge < -0.3 is 4.90 Å². The maximum atomic E-state index is 13.1. The highest BCUT2D eigenvalue weighted by Crippen LogP contribution is 2.30. The monoisotopic (exact) mass is 409 g/mol. The van der Waals surface area contributed by atoms with Crippen LogP contribution in [-0.4, -0.2) is 27.4 Å². The Morgan fingerprint density at radius 3 is 2.68 bits per heavy atom. The maximum Gasteiger partial charge on any atom is 0.263 e. The quantitative estimate of drug-likeness (QED) is 0.497. The van der Waals surface area contributed by atoms with Crippen molar-refractivity contribution in [2.75, 3.05) is 7.05 Å². The first kappa shape index (κ1) is 18.6. The van der Waals surface area contributed by atoms with Crippen LogP contribution in [0.15, 0.2) is 58.3 Å². The van der Waals surface area contributed by atoms with Crippen LogP contribution in [-0.2, 0) is 17.9 Å². The molecule has 0 saturated carbocycles. The van der Waals surface area contributed by atoms with Crippen LogP contribution in [0, 0.1) is 6.92 Å². The van der Waals surface area contributed by atoms with Crippen molar-refractivity contribution in [1.82, 2.24) is 14.5 Å². The molecular formula is C21H19N3O2S2. The fourth-order valence-corrected chi connectivity index (χ4v) is 4.91. The number of carbonyl (C=O) groups excluding carboxylic acids is 1. The van der Waals surface area contributed by atoms with Crippen molar-refractivity contribution in [3.63, 3.8) is 0 Å². The number of rotatable bonds is 5. The molecule has 0 spiro atoms. The summed E-state index contributed by atoms with van der Waals surface area (Å²) in [7, 11) is 1.76. The van der Waals surface area contributed by atoms with E-state index in [9.17, 15) is 9.59 Å².